The van der Waals surface area contributed by atoms with Gasteiger partial charge in [-0.2, -0.15) is 0 Å². The van der Waals surface area contributed by atoms with Crippen molar-refractivity contribution in [3.05, 3.63) is 0 Å². The van der Waals surface area contributed by atoms with Gasteiger partial charge in [-0.3, -0.25) is 4.79 Å². The van der Waals surface area contributed by atoms with Gasteiger partial charge in [0.2, 0.25) is 5.91 Å². The first kappa shape index (κ1) is 12.9. The van der Waals surface area contributed by atoms with Crippen molar-refractivity contribution >= 4 is 5.91 Å². The largest absolute Gasteiger partial charge is 0.336 e. The molecule has 17 heavy (non-hydrogen) atoms. The number of hydrogen-bond donors (Lipinski definition) is 1. The van der Waals surface area contributed by atoms with Crippen molar-refractivity contribution in [2.24, 2.45) is 5.92 Å². The Hall–Kier alpha value is -0.570. The molecular weight excluding hydrogens is 212 g/mol. The summed E-state index contributed by atoms with van der Waals surface area (Å²) in [4.78, 5) is 14.8. The molecule has 1 unspecified atom stereocenters. The number of nitrogens with one attached hydrogen (secondary N) is 1. The molecule has 1 heterocycles. The summed E-state index contributed by atoms with van der Waals surface area (Å²) in [5.41, 5.74) is 0.0483. The molecule has 2 aliphatic rings. The van der Waals surface area contributed by atoms with E-state index in [-0.39, 0.29) is 5.54 Å². The third-order valence-electron chi connectivity index (χ3n) is 4.53. The van der Waals surface area contributed by atoms with Crippen LogP contribution in [0.5, 0.6) is 0 Å². The number of rotatable bonds is 3. The van der Waals surface area contributed by atoms with Crippen molar-refractivity contribution in [2.75, 3.05) is 20.1 Å². The number of likely N-dealkylation sites (N-methyl/N-ethyl adjacent to an activating group) is 1. The minimum absolute atomic E-state index is 0.0483. The molecule has 2 rings (SSSR count). The summed E-state index contributed by atoms with van der Waals surface area (Å²) in [5.74, 6) is 0.754. The number of carbonyl (C=O) groups excluding carboxylic acids is 1. The maximum absolute atomic E-state index is 12.6. The zero-order valence-corrected chi connectivity index (χ0v) is 11.3. The third-order valence-corrected chi connectivity index (χ3v) is 4.53. The first-order chi connectivity index (χ1) is 8.17. The van der Waals surface area contributed by atoms with E-state index in [1.807, 2.05) is 7.05 Å². The van der Waals surface area contributed by atoms with Gasteiger partial charge in [-0.15, -0.1) is 0 Å². The lowest BCUT2D eigenvalue weighted by Gasteiger charge is -2.46. The van der Waals surface area contributed by atoms with Gasteiger partial charge in [0.15, 0.2) is 0 Å². The van der Waals surface area contributed by atoms with Crippen LogP contribution in [0.3, 0.4) is 0 Å². The first-order valence-electron chi connectivity index (χ1n) is 7.13. The minimum Gasteiger partial charge on any atom is -0.336 e. The Balaban J connectivity index is 2.07. The smallest absolute Gasteiger partial charge is 0.226 e. The molecule has 1 atom stereocenters. The van der Waals surface area contributed by atoms with Gasteiger partial charge in [0.1, 0.15) is 0 Å². The van der Waals surface area contributed by atoms with E-state index in [0.717, 1.165) is 32.4 Å². The van der Waals surface area contributed by atoms with Crippen molar-refractivity contribution < 1.29 is 4.79 Å². The van der Waals surface area contributed by atoms with Crippen LogP contribution in [0.4, 0.5) is 0 Å². The summed E-state index contributed by atoms with van der Waals surface area (Å²) < 4.78 is 0. The first-order valence-corrected chi connectivity index (χ1v) is 7.13. The number of carbonyl (C=O) groups is 1. The molecule has 3 heteroatoms. The van der Waals surface area contributed by atoms with Gasteiger partial charge in [-0.05, 0) is 46.1 Å². The fraction of sp³-hybridized carbons (Fsp3) is 0.929. The zero-order valence-electron chi connectivity index (χ0n) is 11.3. The van der Waals surface area contributed by atoms with Crippen LogP contribution in [-0.4, -0.2) is 36.5 Å². The molecule has 1 saturated heterocycles. The molecule has 1 aliphatic heterocycles. The van der Waals surface area contributed by atoms with Gasteiger partial charge in [0.25, 0.3) is 0 Å². The lowest BCUT2D eigenvalue weighted by Crippen LogP contribution is -2.58. The Morgan fingerprint density at radius 2 is 2.00 bits per heavy atom. The zero-order chi connectivity index (χ0) is 12.3. The molecule has 0 aromatic rings. The summed E-state index contributed by atoms with van der Waals surface area (Å²) in [5, 5.41) is 3.26. The third kappa shape index (κ3) is 2.65. The number of likely N-dealkylation sites (tertiary alicyclic amines) is 1. The standard InChI is InChI=1S/C14H26N2O/c1-14(11-15-2)9-5-6-10-16(14)13(17)12-7-3-4-8-12/h12,15H,3-11H2,1-2H3. The molecule has 0 aromatic heterocycles. The van der Waals surface area contributed by atoms with Crippen LogP contribution in [0.15, 0.2) is 0 Å². The average molecular weight is 238 g/mol. The number of hydrogen-bond acceptors (Lipinski definition) is 2. The fourth-order valence-electron chi connectivity index (χ4n) is 3.51. The second-order valence-corrected chi connectivity index (χ2v) is 5.96. The van der Waals surface area contributed by atoms with Gasteiger partial charge in [0, 0.05) is 19.0 Å². The van der Waals surface area contributed by atoms with Crippen LogP contribution < -0.4 is 5.32 Å². The SMILES string of the molecule is CNCC1(C)CCCCN1C(=O)C1CCCC1. The van der Waals surface area contributed by atoms with Gasteiger partial charge in [-0.1, -0.05) is 12.8 Å². The van der Waals surface area contributed by atoms with Crippen LogP contribution in [0.2, 0.25) is 0 Å². The average Bonchev–Trinajstić information content (AvgIpc) is 2.82. The molecule has 0 bridgehead atoms. The molecule has 2 fully saturated rings. The van der Waals surface area contributed by atoms with Gasteiger partial charge in [0.05, 0.1) is 5.54 Å². The number of nitrogens with zero attached hydrogens (tertiary/aromatic N) is 1. The van der Waals surface area contributed by atoms with E-state index in [2.05, 4.69) is 17.1 Å². The molecule has 3 nitrogen and oxygen atoms in total. The van der Waals surface area contributed by atoms with E-state index in [4.69, 9.17) is 0 Å². The van der Waals surface area contributed by atoms with E-state index >= 15 is 0 Å². The second-order valence-electron chi connectivity index (χ2n) is 5.96. The van der Waals surface area contributed by atoms with Crippen LogP contribution in [-0.2, 0) is 4.79 Å². The van der Waals surface area contributed by atoms with Gasteiger partial charge < -0.3 is 10.2 Å². The normalized spacial score (nSPS) is 30.8. The highest BCUT2D eigenvalue weighted by Crippen LogP contribution is 2.33. The van der Waals surface area contributed by atoms with Crippen LogP contribution in [0.25, 0.3) is 0 Å². The predicted molar refractivity (Wildman–Crippen MR) is 69.9 cm³/mol. The maximum atomic E-state index is 12.6. The Morgan fingerprint density at radius 1 is 1.29 bits per heavy atom. The summed E-state index contributed by atoms with van der Waals surface area (Å²) in [6, 6.07) is 0. The monoisotopic (exact) mass is 238 g/mol. The Bertz CT molecular complexity index is 269. The Labute approximate surface area is 105 Å². The fourth-order valence-corrected chi connectivity index (χ4v) is 3.51. The van der Waals surface area contributed by atoms with E-state index in [1.54, 1.807) is 0 Å². The highest BCUT2D eigenvalue weighted by atomic mass is 16.2. The molecule has 0 radical (unpaired) electrons. The molecule has 0 spiro atoms. The lowest BCUT2D eigenvalue weighted by atomic mass is 9.86. The van der Waals surface area contributed by atoms with Gasteiger partial charge in [-0.25, -0.2) is 0 Å². The van der Waals surface area contributed by atoms with Crippen molar-refractivity contribution in [1.82, 2.24) is 10.2 Å². The van der Waals surface area contributed by atoms with Crippen LogP contribution in [0.1, 0.15) is 51.9 Å². The van der Waals surface area contributed by atoms with Crippen LogP contribution in [0, 0.1) is 5.92 Å². The Morgan fingerprint density at radius 3 is 2.65 bits per heavy atom. The summed E-state index contributed by atoms with van der Waals surface area (Å²) in [6.45, 7) is 4.13. The topological polar surface area (TPSA) is 32.3 Å². The van der Waals surface area contributed by atoms with Crippen molar-refractivity contribution in [3.8, 4) is 0 Å². The molecule has 0 aromatic carbocycles. The predicted octanol–water partition coefficient (Wildman–Crippen LogP) is 2.17. The minimum atomic E-state index is 0.0483. The number of piperidine rings is 1. The van der Waals surface area contributed by atoms with Crippen molar-refractivity contribution in [3.63, 3.8) is 0 Å². The second kappa shape index (κ2) is 5.38. The lowest BCUT2D eigenvalue weighted by molar-refractivity contribution is -0.143. The maximum Gasteiger partial charge on any atom is 0.226 e. The number of amides is 1. The van der Waals surface area contributed by atoms with Crippen LogP contribution >= 0.6 is 0 Å². The van der Waals surface area contributed by atoms with Gasteiger partial charge >= 0.3 is 0 Å². The van der Waals surface area contributed by atoms with E-state index in [1.165, 1.54) is 25.7 Å². The quantitative estimate of drug-likeness (QED) is 0.817. The highest BCUT2D eigenvalue weighted by molar-refractivity contribution is 5.80. The Kier molecular flexibility index (Phi) is 4.08. The van der Waals surface area contributed by atoms with E-state index in [9.17, 15) is 4.79 Å². The van der Waals surface area contributed by atoms with Crippen molar-refractivity contribution in [2.45, 2.75) is 57.4 Å². The summed E-state index contributed by atoms with van der Waals surface area (Å²) in [6.07, 6.45) is 8.30. The molecule has 1 aliphatic carbocycles. The highest BCUT2D eigenvalue weighted by Gasteiger charge is 2.39. The molecular formula is C14H26N2O. The van der Waals surface area contributed by atoms with Crippen molar-refractivity contribution in [1.29, 1.82) is 0 Å². The van der Waals surface area contributed by atoms with E-state index in [0.29, 0.717) is 11.8 Å². The molecule has 1 N–H and O–H groups in total. The summed E-state index contributed by atoms with van der Waals surface area (Å²) in [7, 11) is 1.98. The summed E-state index contributed by atoms with van der Waals surface area (Å²) >= 11 is 0. The molecule has 1 saturated carbocycles. The van der Waals surface area contributed by atoms with E-state index < -0.39 is 0 Å². The molecule has 1 amide bonds. The molecule has 98 valence electrons.